The Labute approximate surface area is 202 Å². The van der Waals surface area contributed by atoms with E-state index in [1.807, 2.05) is 55.5 Å². The number of hydrogen-bond donors (Lipinski definition) is 4. The second-order valence-corrected chi connectivity index (χ2v) is 8.45. The lowest BCUT2D eigenvalue weighted by molar-refractivity contribution is 0.0951. The molecular formula is C26H24BN5O3. The Bertz CT molecular complexity index is 1530. The topological polar surface area (TPSA) is 126 Å². The van der Waals surface area contributed by atoms with Crippen molar-refractivity contribution in [2.75, 3.05) is 5.73 Å². The third kappa shape index (κ3) is 4.47. The molecule has 0 spiro atoms. The average Bonchev–Trinajstić information content (AvgIpc) is 3.20. The molecule has 0 saturated heterocycles. The van der Waals surface area contributed by atoms with E-state index < -0.39 is 7.12 Å². The third-order valence-corrected chi connectivity index (χ3v) is 6.09. The summed E-state index contributed by atoms with van der Waals surface area (Å²) >= 11 is 0. The largest absolute Gasteiger partial charge is 0.488 e. The number of fused-ring (bicyclic) bond motifs is 3. The van der Waals surface area contributed by atoms with E-state index in [0.29, 0.717) is 35.5 Å². The predicted octanol–water partition coefficient (Wildman–Crippen LogP) is 2.13. The van der Waals surface area contributed by atoms with Crippen LogP contribution >= 0.6 is 0 Å². The molecule has 2 heterocycles. The summed E-state index contributed by atoms with van der Waals surface area (Å²) in [6.07, 6.45) is 0. The first kappa shape index (κ1) is 22.6. The molecule has 9 heteroatoms. The van der Waals surface area contributed by atoms with Gasteiger partial charge in [-0.15, -0.1) is 0 Å². The lowest BCUT2D eigenvalue weighted by atomic mass is 9.80. The van der Waals surface area contributed by atoms with E-state index in [1.165, 1.54) is 12.1 Å². The highest BCUT2D eigenvalue weighted by Gasteiger charge is 2.16. The molecule has 0 aliphatic carbocycles. The Morgan fingerprint density at radius 1 is 0.971 bits per heavy atom. The van der Waals surface area contributed by atoms with E-state index in [-0.39, 0.29) is 5.91 Å². The number of nitrogens with one attached hydrogen (secondary N) is 1. The minimum atomic E-state index is -1.55. The number of nitrogen functional groups attached to an aromatic ring is 1. The first-order valence-electron chi connectivity index (χ1n) is 11.2. The van der Waals surface area contributed by atoms with Gasteiger partial charge in [0, 0.05) is 24.0 Å². The van der Waals surface area contributed by atoms with Gasteiger partial charge in [-0.1, -0.05) is 54.6 Å². The van der Waals surface area contributed by atoms with Crippen molar-refractivity contribution in [3.05, 3.63) is 95.3 Å². The molecule has 1 amide bonds. The Morgan fingerprint density at radius 2 is 1.66 bits per heavy atom. The molecule has 0 radical (unpaired) electrons. The standard InChI is InChI=1S/C26H24BN5O3/c1-16-30-23-24(21-4-2-3-5-22(21)31-25(23)28)32(16)15-18-8-6-17(7-9-18)14-29-26(33)19-10-12-20(13-11-19)27(34)35/h2-13,34-35H,14-15H2,1H3,(H2,28,31)(H,29,33). The van der Waals surface area contributed by atoms with Gasteiger partial charge in [0.25, 0.3) is 5.91 Å². The van der Waals surface area contributed by atoms with Crippen molar-refractivity contribution in [3.8, 4) is 0 Å². The number of para-hydroxylation sites is 1. The SMILES string of the molecule is Cc1nc2c(N)nc3ccccc3c2n1Cc1ccc(CNC(=O)c2ccc(B(O)O)cc2)cc1. The van der Waals surface area contributed by atoms with Crippen molar-refractivity contribution >= 4 is 46.2 Å². The van der Waals surface area contributed by atoms with Gasteiger partial charge in [0.05, 0.1) is 11.0 Å². The van der Waals surface area contributed by atoms with Crippen molar-refractivity contribution in [2.24, 2.45) is 0 Å². The summed E-state index contributed by atoms with van der Waals surface area (Å²) in [5.41, 5.74) is 11.6. The first-order chi connectivity index (χ1) is 16.9. The van der Waals surface area contributed by atoms with E-state index in [1.54, 1.807) is 12.1 Å². The van der Waals surface area contributed by atoms with Gasteiger partial charge in [-0.25, -0.2) is 9.97 Å². The summed E-state index contributed by atoms with van der Waals surface area (Å²) in [5, 5.41) is 22.3. The summed E-state index contributed by atoms with van der Waals surface area (Å²) in [6, 6.07) is 22.1. The Balaban J connectivity index is 1.32. The number of carbonyl (C=O) groups is 1. The molecule has 0 aliphatic rings. The molecule has 5 N–H and O–H groups in total. The van der Waals surface area contributed by atoms with Crippen LogP contribution < -0.4 is 16.5 Å². The fraction of sp³-hybridized carbons (Fsp3) is 0.115. The van der Waals surface area contributed by atoms with Gasteiger partial charge in [0.2, 0.25) is 0 Å². The zero-order valence-electron chi connectivity index (χ0n) is 19.1. The fourth-order valence-corrected chi connectivity index (χ4v) is 4.20. The number of imidazole rings is 1. The highest BCUT2D eigenvalue weighted by atomic mass is 16.4. The lowest BCUT2D eigenvalue weighted by Crippen LogP contribution is -2.30. The van der Waals surface area contributed by atoms with E-state index in [0.717, 1.165) is 33.4 Å². The van der Waals surface area contributed by atoms with Gasteiger partial charge in [-0.05, 0) is 41.7 Å². The number of rotatable bonds is 6. The van der Waals surface area contributed by atoms with Crippen LogP contribution in [0.2, 0.25) is 0 Å². The molecule has 174 valence electrons. The van der Waals surface area contributed by atoms with Crippen molar-refractivity contribution in [1.82, 2.24) is 19.9 Å². The summed E-state index contributed by atoms with van der Waals surface area (Å²) in [4.78, 5) is 21.6. The molecule has 0 bridgehead atoms. The maximum atomic E-state index is 12.4. The van der Waals surface area contributed by atoms with E-state index >= 15 is 0 Å². The molecule has 2 aromatic heterocycles. The second-order valence-electron chi connectivity index (χ2n) is 8.45. The zero-order chi connectivity index (χ0) is 24.5. The number of pyridine rings is 1. The van der Waals surface area contributed by atoms with Gasteiger partial charge < -0.3 is 25.7 Å². The highest BCUT2D eigenvalue weighted by molar-refractivity contribution is 6.58. The minimum absolute atomic E-state index is 0.230. The number of anilines is 1. The monoisotopic (exact) mass is 465 g/mol. The molecular weight excluding hydrogens is 441 g/mol. The molecule has 0 unspecified atom stereocenters. The highest BCUT2D eigenvalue weighted by Crippen LogP contribution is 2.29. The van der Waals surface area contributed by atoms with Gasteiger partial charge in [-0.3, -0.25) is 4.79 Å². The summed E-state index contributed by atoms with van der Waals surface area (Å²) < 4.78 is 2.15. The maximum absolute atomic E-state index is 12.4. The molecule has 5 aromatic rings. The number of benzene rings is 3. The molecule has 5 rings (SSSR count). The number of aromatic nitrogens is 3. The number of aryl methyl sites for hydroxylation is 1. The predicted molar refractivity (Wildman–Crippen MR) is 137 cm³/mol. The summed E-state index contributed by atoms with van der Waals surface area (Å²) in [7, 11) is -1.55. The molecule has 3 aromatic carbocycles. The van der Waals surface area contributed by atoms with Crippen LogP contribution in [0, 0.1) is 6.92 Å². The molecule has 0 aliphatic heterocycles. The maximum Gasteiger partial charge on any atom is 0.488 e. The van der Waals surface area contributed by atoms with Crippen LogP contribution in [0.25, 0.3) is 21.9 Å². The van der Waals surface area contributed by atoms with Crippen LogP contribution in [0.15, 0.2) is 72.8 Å². The number of nitrogens with zero attached hydrogens (tertiary/aromatic N) is 3. The van der Waals surface area contributed by atoms with Gasteiger partial charge >= 0.3 is 7.12 Å². The van der Waals surface area contributed by atoms with Crippen molar-refractivity contribution in [2.45, 2.75) is 20.0 Å². The van der Waals surface area contributed by atoms with E-state index in [4.69, 9.17) is 5.73 Å². The number of carbonyl (C=O) groups excluding carboxylic acids is 1. The van der Waals surface area contributed by atoms with E-state index in [2.05, 4.69) is 19.9 Å². The quantitative estimate of drug-likeness (QED) is 0.285. The Hall–Kier alpha value is -4.21. The molecule has 0 fully saturated rings. The zero-order valence-corrected chi connectivity index (χ0v) is 19.1. The minimum Gasteiger partial charge on any atom is -0.423 e. The normalized spacial score (nSPS) is 11.2. The summed E-state index contributed by atoms with van der Waals surface area (Å²) in [5.74, 6) is 1.06. The lowest BCUT2D eigenvalue weighted by Gasteiger charge is -2.11. The van der Waals surface area contributed by atoms with Gasteiger partial charge in [0.15, 0.2) is 5.82 Å². The molecule has 35 heavy (non-hydrogen) atoms. The fourth-order valence-electron chi connectivity index (χ4n) is 4.20. The number of hydrogen-bond acceptors (Lipinski definition) is 6. The second kappa shape index (κ2) is 9.21. The average molecular weight is 465 g/mol. The van der Waals surface area contributed by atoms with Crippen molar-refractivity contribution in [3.63, 3.8) is 0 Å². The molecule has 0 saturated carbocycles. The summed E-state index contributed by atoms with van der Waals surface area (Å²) in [6.45, 7) is 2.97. The smallest absolute Gasteiger partial charge is 0.423 e. The Morgan fingerprint density at radius 3 is 2.37 bits per heavy atom. The van der Waals surface area contributed by atoms with Crippen LogP contribution in [0.4, 0.5) is 5.82 Å². The van der Waals surface area contributed by atoms with Gasteiger partial charge in [-0.2, -0.15) is 0 Å². The molecule has 0 atom stereocenters. The van der Waals surface area contributed by atoms with Crippen molar-refractivity contribution < 1.29 is 14.8 Å². The van der Waals surface area contributed by atoms with E-state index in [9.17, 15) is 14.8 Å². The number of nitrogens with two attached hydrogens (primary N) is 1. The first-order valence-corrected chi connectivity index (χ1v) is 11.2. The van der Waals surface area contributed by atoms with Crippen LogP contribution in [0.1, 0.15) is 27.3 Å². The van der Waals surface area contributed by atoms with Gasteiger partial charge in [0.1, 0.15) is 11.3 Å². The van der Waals surface area contributed by atoms with Crippen LogP contribution in [-0.2, 0) is 13.1 Å². The van der Waals surface area contributed by atoms with Crippen LogP contribution in [0.3, 0.4) is 0 Å². The number of amides is 1. The van der Waals surface area contributed by atoms with Crippen LogP contribution in [0.5, 0.6) is 0 Å². The Kier molecular flexibility index (Phi) is 5.94. The third-order valence-electron chi connectivity index (χ3n) is 6.09. The van der Waals surface area contributed by atoms with Crippen LogP contribution in [-0.4, -0.2) is 37.6 Å². The molecule has 8 nitrogen and oxygen atoms in total. The van der Waals surface area contributed by atoms with Crippen molar-refractivity contribution in [1.29, 1.82) is 0 Å².